The summed E-state index contributed by atoms with van der Waals surface area (Å²) in [5.74, 6) is -0.222. The van der Waals surface area contributed by atoms with Gasteiger partial charge in [-0.05, 0) is 30.9 Å². The molecule has 1 fully saturated rings. The van der Waals surface area contributed by atoms with Crippen LogP contribution in [0.2, 0.25) is 25.7 Å². The average molecular weight is 333 g/mol. The van der Waals surface area contributed by atoms with Crippen molar-refractivity contribution in [1.82, 2.24) is 0 Å². The molecule has 2 rings (SSSR count). The molecule has 1 aliphatic heterocycles. The molecular weight excluding hydrogens is 304 g/mol. The van der Waals surface area contributed by atoms with E-state index in [0.717, 1.165) is 24.8 Å². The third-order valence-electron chi connectivity index (χ3n) is 3.87. The molecule has 0 saturated carbocycles. The summed E-state index contributed by atoms with van der Waals surface area (Å²) in [4.78, 5) is 11.6. The molecular formula is C19H28O3Si. The monoisotopic (exact) mass is 332 g/mol. The zero-order chi connectivity index (χ0) is 16.7. The maximum atomic E-state index is 11.6. The summed E-state index contributed by atoms with van der Waals surface area (Å²) in [5, 5.41) is 0. The van der Waals surface area contributed by atoms with Crippen LogP contribution in [0.15, 0.2) is 42.5 Å². The van der Waals surface area contributed by atoms with Crippen molar-refractivity contribution in [2.45, 2.75) is 63.8 Å². The third-order valence-corrected chi connectivity index (χ3v) is 5.33. The van der Waals surface area contributed by atoms with Gasteiger partial charge in [0.25, 0.3) is 0 Å². The van der Waals surface area contributed by atoms with E-state index in [1.807, 2.05) is 30.3 Å². The minimum Gasteiger partial charge on any atom is -0.457 e. The zero-order valence-corrected chi connectivity index (χ0v) is 15.5. The SMILES string of the molecule is C[Si](C)(C)C/C=C/CCC[C@H]1OC(=O)[C@@H]1OCc1ccccc1. The number of ether oxygens (including phenoxy) is 2. The number of carbonyl (C=O) groups excluding carboxylic acids is 1. The van der Waals surface area contributed by atoms with Crippen molar-refractivity contribution in [3.05, 3.63) is 48.0 Å². The van der Waals surface area contributed by atoms with Crippen LogP contribution >= 0.6 is 0 Å². The Balaban J connectivity index is 1.64. The Labute approximate surface area is 140 Å². The number of hydrogen-bond donors (Lipinski definition) is 0. The molecule has 1 aliphatic rings. The first-order chi connectivity index (χ1) is 11.0. The van der Waals surface area contributed by atoms with E-state index in [1.54, 1.807) is 0 Å². The molecule has 4 heteroatoms. The molecule has 3 nitrogen and oxygen atoms in total. The molecule has 0 aromatic heterocycles. The maximum absolute atomic E-state index is 11.6. The first-order valence-corrected chi connectivity index (χ1v) is 12.2. The van der Waals surface area contributed by atoms with Crippen LogP contribution < -0.4 is 0 Å². The Bertz CT molecular complexity index is 519. The van der Waals surface area contributed by atoms with E-state index in [4.69, 9.17) is 9.47 Å². The average Bonchev–Trinajstić information content (AvgIpc) is 2.49. The second kappa shape index (κ2) is 8.46. The lowest BCUT2D eigenvalue weighted by Crippen LogP contribution is -2.51. The van der Waals surface area contributed by atoms with Gasteiger partial charge in [0.1, 0.15) is 6.10 Å². The minimum absolute atomic E-state index is 0.0726. The molecule has 1 saturated heterocycles. The van der Waals surface area contributed by atoms with Crippen LogP contribution in [0, 0.1) is 0 Å². The molecule has 23 heavy (non-hydrogen) atoms. The molecule has 0 unspecified atom stereocenters. The van der Waals surface area contributed by atoms with Gasteiger partial charge in [0.2, 0.25) is 0 Å². The smallest absolute Gasteiger partial charge is 0.339 e. The predicted molar refractivity (Wildman–Crippen MR) is 96.0 cm³/mol. The van der Waals surface area contributed by atoms with Crippen LogP contribution in [0.1, 0.15) is 24.8 Å². The van der Waals surface area contributed by atoms with E-state index in [-0.39, 0.29) is 18.2 Å². The van der Waals surface area contributed by atoms with Gasteiger partial charge < -0.3 is 9.47 Å². The fraction of sp³-hybridized carbons (Fsp3) is 0.526. The molecule has 0 bridgehead atoms. The molecule has 0 spiro atoms. The van der Waals surface area contributed by atoms with Crippen molar-refractivity contribution in [1.29, 1.82) is 0 Å². The molecule has 1 aromatic carbocycles. The van der Waals surface area contributed by atoms with Crippen LogP contribution in [0.4, 0.5) is 0 Å². The number of cyclic esters (lactones) is 1. The quantitative estimate of drug-likeness (QED) is 0.288. The Hall–Kier alpha value is -1.39. The Kier molecular flexibility index (Phi) is 6.60. The van der Waals surface area contributed by atoms with Gasteiger partial charge in [0.05, 0.1) is 6.61 Å². The molecule has 2 atom stereocenters. The van der Waals surface area contributed by atoms with Crippen molar-refractivity contribution in [2.24, 2.45) is 0 Å². The van der Waals surface area contributed by atoms with Gasteiger partial charge in [-0.1, -0.05) is 62.1 Å². The Morgan fingerprint density at radius 2 is 1.91 bits per heavy atom. The zero-order valence-electron chi connectivity index (χ0n) is 14.5. The summed E-state index contributed by atoms with van der Waals surface area (Å²) in [6.07, 6.45) is 7.07. The molecule has 0 N–H and O–H groups in total. The van der Waals surface area contributed by atoms with E-state index >= 15 is 0 Å². The number of esters is 1. The fourth-order valence-corrected chi connectivity index (χ4v) is 3.37. The van der Waals surface area contributed by atoms with Gasteiger partial charge >= 0.3 is 5.97 Å². The van der Waals surface area contributed by atoms with Crippen LogP contribution in [-0.4, -0.2) is 26.3 Å². The minimum atomic E-state index is -0.974. The Morgan fingerprint density at radius 3 is 2.57 bits per heavy atom. The van der Waals surface area contributed by atoms with Crippen molar-refractivity contribution < 1.29 is 14.3 Å². The van der Waals surface area contributed by atoms with E-state index in [0.29, 0.717) is 6.61 Å². The summed E-state index contributed by atoms with van der Waals surface area (Å²) in [7, 11) is -0.974. The lowest BCUT2D eigenvalue weighted by atomic mass is 10.0. The van der Waals surface area contributed by atoms with Crippen molar-refractivity contribution in [3.63, 3.8) is 0 Å². The van der Waals surface area contributed by atoms with Gasteiger partial charge in [-0.3, -0.25) is 0 Å². The Morgan fingerprint density at radius 1 is 1.17 bits per heavy atom. The highest BCUT2D eigenvalue weighted by atomic mass is 28.3. The van der Waals surface area contributed by atoms with Crippen molar-refractivity contribution in [2.75, 3.05) is 0 Å². The van der Waals surface area contributed by atoms with Gasteiger partial charge in [0, 0.05) is 8.07 Å². The molecule has 0 aliphatic carbocycles. The highest BCUT2D eigenvalue weighted by Crippen LogP contribution is 2.24. The molecule has 1 heterocycles. The summed E-state index contributed by atoms with van der Waals surface area (Å²) in [5.41, 5.74) is 1.08. The van der Waals surface area contributed by atoms with Gasteiger partial charge in [-0.25, -0.2) is 4.79 Å². The number of carbonyl (C=O) groups is 1. The van der Waals surface area contributed by atoms with E-state index in [1.165, 1.54) is 6.04 Å². The first-order valence-electron chi connectivity index (χ1n) is 8.47. The number of unbranched alkanes of at least 4 members (excludes halogenated alkanes) is 1. The lowest BCUT2D eigenvalue weighted by molar-refractivity contribution is -0.209. The second-order valence-electron chi connectivity index (χ2n) is 7.36. The summed E-state index contributed by atoms with van der Waals surface area (Å²) in [6, 6.07) is 11.2. The van der Waals surface area contributed by atoms with E-state index < -0.39 is 8.07 Å². The number of rotatable bonds is 9. The number of benzene rings is 1. The van der Waals surface area contributed by atoms with Gasteiger partial charge in [0.15, 0.2) is 6.10 Å². The number of allylic oxidation sites excluding steroid dienone is 2. The largest absolute Gasteiger partial charge is 0.457 e. The maximum Gasteiger partial charge on any atom is 0.339 e. The highest BCUT2D eigenvalue weighted by molar-refractivity contribution is 6.76. The molecule has 0 radical (unpaired) electrons. The van der Waals surface area contributed by atoms with Crippen LogP contribution in [-0.2, 0) is 20.9 Å². The summed E-state index contributed by atoms with van der Waals surface area (Å²) in [6.45, 7) is 7.59. The van der Waals surface area contributed by atoms with Crippen molar-refractivity contribution >= 4 is 14.0 Å². The fourth-order valence-electron chi connectivity index (χ4n) is 2.50. The first kappa shape index (κ1) is 18.0. The normalized spacial score (nSPS) is 21.3. The number of hydrogen-bond acceptors (Lipinski definition) is 3. The van der Waals surface area contributed by atoms with Crippen LogP contribution in [0.3, 0.4) is 0 Å². The summed E-state index contributed by atoms with van der Waals surface area (Å²) >= 11 is 0. The van der Waals surface area contributed by atoms with Crippen LogP contribution in [0.5, 0.6) is 0 Å². The van der Waals surface area contributed by atoms with Gasteiger partial charge in [-0.2, -0.15) is 0 Å². The molecule has 1 aromatic rings. The van der Waals surface area contributed by atoms with Crippen molar-refractivity contribution in [3.8, 4) is 0 Å². The second-order valence-corrected chi connectivity index (χ2v) is 12.9. The predicted octanol–water partition coefficient (Wildman–Crippen LogP) is 4.56. The standard InChI is InChI=1S/C19H28O3Si/c1-23(2,3)14-10-5-4-9-13-17-18(19(20)22-17)21-15-16-11-7-6-8-12-16/h5-8,10-12,17-18H,4,9,13-15H2,1-3H3/b10-5+/t17-,18-/m1/s1. The summed E-state index contributed by atoms with van der Waals surface area (Å²) < 4.78 is 10.9. The van der Waals surface area contributed by atoms with Crippen LogP contribution in [0.25, 0.3) is 0 Å². The molecule has 0 amide bonds. The lowest BCUT2D eigenvalue weighted by Gasteiger charge is -2.34. The van der Waals surface area contributed by atoms with E-state index in [2.05, 4.69) is 31.8 Å². The van der Waals surface area contributed by atoms with Gasteiger partial charge in [-0.15, -0.1) is 0 Å². The molecule has 126 valence electrons. The van der Waals surface area contributed by atoms with E-state index in [9.17, 15) is 4.79 Å². The topological polar surface area (TPSA) is 35.5 Å². The third kappa shape index (κ3) is 6.32. The highest BCUT2D eigenvalue weighted by Gasteiger charge is 2.42.